The minimum absolute atomic E-state index is 0.0281. The molecule has 0 heterocycles. The summed E-state index contributed by atoms with van der Waals surface area (Å²) in [7, 11) is 0. The monoisotopic (exact) mass is 585 g/mol. The number of carbonyl (C=O) groups excluding carboxylic acids is 1. The highest BCUT2D eigenvalue weighted by Gasteiger charge is 2.45. The van der Waals surface area contributed by atoms with Gasteiger partial charge in [-0.3, -0.25) is 4.79 Å². The van der Waals surface area contributed by atoms with Gasteiger partial charge in [0.05, 0.1) is 36.4 Å². The lowest BCUT2D eigenvalue weighted by atomic mass is 9.68. The highest BCUT2D eigenvalue weighted by Crippen LogP contribution is 2.44. The summed E-state index contributed by atoms with van der Waals surface area (Å²) in [6.07, 6.45) is 2.61. The number of carbonyl (C=O) groups is 1. The summed E-state index contributed by atoms with van der Waals surface area (Å²) in [4.78, 5) is 13.3. The van der Waals surface area contributed by atoms with Crippen LogP contribution in [0.4, 0.5) is 0 Å². The molecule has 0 aliphatic heterocycles. The predicted molar refractivity (Wildman–Crippen MR) is 174 cm³/mol. The third kappa shape index (κ3) is 13.3. The zero-order valence-electron chi connectivity index (χ0n) is 31.0. The van der Waals surface area contributed by atoms with E-state index in [4.69, 9.17) is 18.9 Å². The van der Waals surface area contributed by atoms with Crippen molar-refractivity contribution in [1.82, 2.24) is 0 Å². The molecule has 0 rings (SSSR count). The van der Waals surface area contributed by atoms with Gasteiger partial charge in [-0.25, -0.2) is 0 Å². The molecule has 0 radical (unpaired) electrons. The van der Waals surface area contributed by atoms with Crippen molar-refractivity contribution in [2.45, 2.75) is 174 Å². The average molecular weight is 585 g/mol. The fourth-order valence-corrected chi connectivity index (χ4v) is 4.67. The van der Waals surface area contributed by atoms with Crippen LogP contribution >= 0.6 is 0 Å². The van der Waals surface area contributed by atoms with Crippen molar-refractivity contribution in [1.29, 1.82) is 0 Å². The Hall–Kier alpha value is -0.650. The molecule has 0 bridgehead atoms. The summed E-state index contributed by atoms with van der Waals surface area (Å²) >= 11 is 0. The summed E-state index contributed by atoms with van der Waals surface area (Å²) in [6.45, 7) is 43.0. The van der Waals surface area contributed by atoms with Gasteiger partial charge < -0.3 is 18.9 Å². The van der Waals surface area contributed by atoms with Crippen molar-refractivity contribution in [3.63, 3.8) is 0 Å². The minimum Gasteiger partial charge on any atom is -0.459 e. The van der Waals surface area contributed by atoms with Crippen molar-refractivity contribution >= 4 is 5.97 Å². The van der Waals surface area contributed by atoms with Crippen molar-refractivity contribution < 1.29 is 23.7 Å². The van der Waals surface area contributed by atoms with Gasteiger partial charge in [-0.05, 0) is 95.8 Å². The first-order valence-corrected chi connectivity index (χ1v) is 16.1. The van der Waals surface area contributed by atoms with Crippen LogP contribution in [-0.2, 0) is 23.7 Å². The molecular weight excluding hydrogens is 512 g/mol. The zero-order valence-corrected chi connectivity index (χ0v) is 31.0. The van der Waals surface area contributed by atoms with Crippen LogP contribution in [0.1, 0.15) is 151 Å². The molecule has 0 aromatic carbocycles. The Morgan fingerprint density at radius 3 is 1.61 bits per heavy atom. The van der Waals surface area contributed by atoms with Crippen molar-refractivity contribution in [3.8, 4) is 0 Å². The first-order chi connectivity index (χ1) is 18.0. The van der Waals surface area contributed by atoms with Gasteiger partial charge in [-0.1, -0.05) is 76.2 Å². The van der Waals surface area contributed by atoms with E-state index in [9.17, 15) is 4.79 Å². The van der Waals surface area contributed by atoms with Gasteiger partial charge in [0, 0.05) is 13.0 Å². The van der Waals surface area contributed by atoms with Crippen molar-refractivity contribution in [3.05, 3.63) is 0 Å². The second kappa shape index (κ2) is 14.4. The fourth-order valence-electron chi connectivity index (χ4n) is 4.67. The van der Waals surface area contributed by atoms with Gasteiger partial charge in [0.2, 0.25) is 0 Å². The molecule has 0 aliphatic rings. The highest BCUT2D eigenvalue weighted by molar-refractivity contribution is 5.73. The maximum absolute atomic E-state index is 13.3. The lowest BCUT2D eigenvalue weighted by Gasteiger charge is -2.48. The van der Waals surface area contributed by atoms with Gasteiger partial charge in [0.15, 0.2) is 0 Å². The first kappa shape index (κ1) is 40.4. The van der Waals surface area contributed by atoms with E-state index in [1.165, 1.54) is 0 Å². The van der Waals surface area contributed by atoms with E-state index in [0.29, 0.717) is 19.6 Å². The number of ether oxygens (including phenoxy) is 4. The molecule has 0 aromatic rings. The lowest BCUT2D eigenvalue weighted by Crippen LogP contribution is -2.50. The molecule has 0 aromatic heterocycles. The van der Waals surface area contributed by atoms with E-state index in [1.54, 1.807) is 0 Å². The third-order valence-electron chi connectivity index (χ3n) is 9.98. The Balaban J connectivity index is 5.22. The van der Waals surface area contributed by atoms with Crippen LogP contribution in [0.25, 0.3) is 0 Å². The summed E-state index contributed by atoms with van der Waals surface area (Å²) in [5.74, 6) is -0.00441. The third-order valence-corrected chi connectivity index (χ3v) is 9.98. The molecule has 0 aliphatic carbocycles. The van der Waals surface area contributed by atoms with Gasteiger partial charge in [0.1, 0.15) is 5.60 Å². The number of esters is 1. The molecule has 0 N–H and O–H groups in total. The van der Waals surface area contributed by atoms with Crippen LogP contribution < -0.4 is 0 Å². The Kier molecular flexibility index (Phi) is 14.2. The van der Waals surface area contributed by atoms with Crippen LogP contribution in [0, 0.1) is 33.5 Å². The van der Waals surface area contributed by atoms with E-state index >= 15 is 0 Å². The molecule has 0 amide bonds. The normalized spacial score (nSPS) is 16.2. The van der Waals surface area contributed by atoms with Gasteiger partial charge in [0.25, 0.3) is 0 Å². The largest absolute Gasteiger partial charge is 0.459 e. The number of hydrogen-bond donors (Lipinski definition) is 0. The van der Waals surface area contributed by atoms with Crippen LogP contribution in [-0.4, -0.2) is 48.7 Å². The second-order valence-electron chi connectivity index (χ2n) is 18.0. The first-order valence-electron chi connectivity index (χ1n) is 16.1. The molecule has 0 spiro atoms. The topological polar surface area (TPSA) is 54.0 Å². The molecule has 5 nitrogen and oxygen atoms in total. The molecule has 0 saturated heterocycles. The maximum Gasteiger partial charge on any atom is 0.310 e. The summed E-state index contributed by atoms with van der Waals surface area (Å²) in [5, 5.41) is 0. The molecule has 0 saturated carbocycles. The molecule has 2 atom stereocenters. The summed E-state index contributed by atoms with van der Waals surface area (Å²) < 4.78 is 25.1. The lowest BCUT2D eigenvalue weighted by molar-refractivity contribution is -0.176. The Morgan fingerprint density at radius 2 is 1.17 bits per heavy atom. The van der Waals surface area contributed by atoms with Crippen LogP contribution in [0.5, 0.6) is 0 Å². The Labute approximate surface area is 256 Å². The van der Waals surface area contributed by atoms with Crippen LogP contribution in [0.2, 0.25) is 0 Å². The smallest absolute Gasteiger partial charge is 0.310 e. The van der Waals surface area contributed by atoms with E-state index in [2.05, 4.69) is 118 Å². The molecule has 2 unspecified atom stereocenters. The van der Waals surface area contributed by atoms with Crippen LogP contribution in [0.3, 0.4) is 0 Å². The zero-order chi connectivity index (χ0) is 32.9. The molecule has 246 valence electrons. The van der Waals surface area contributed by atoms with E-state index < -0.39 is 11.2 Å². The number of hydrogen-bond acceptors (Lipinski definition) is 5. The maximum atomic E-state index is 13.3. The SMILES string of the molecule is CC(C)OCCC(C)(C)C(C)(C)OCC(C)C(C)(C)C(C)(C)OCCC(C)(C)OC(=O)C(CC(C)(C)C)C(C)(C)C. The number of rotatable bonds is 17. The van der Waals surface area contributed by atoms with E-state index in [-0.39, 0.29) is 51.2 Å². The summed E-state index contributed by atoms with van der Waals surface area (Å²) in [6, 6.07) is 0. The minimum atomic E-state index is -0.609. The quantitative estimate of drug-likeness (QED) is 0.159. The second-order valence-corrected chi connectivity index (χ2v) is 18.0. The molecular formula is C36H72O5. The van der Waals surface area contributed by atoms with Gasteiger partial charge >= 0.3 is 5.97 Å². The summed E-state index contributed by atoms with van der Waals surface area (Å²) in [5.41, 5.74) is -1.60. The molecule has 41 heavy (non-hydrogen) atoms. The average Bonchev–Trinajstić information content (AvgIpc) is 2.73. The Bertz CT molecular complexity index is 790. The van der Waals surface area contributed by atoms with E-state index in [0.717, 1.165) is 19.4 Å². The predicted octanol–water partition coefficient (Wildman–Crippen LogP) is 9.89. The van der Waals surface area contributed by atoms with E-state index in [1.807, 2.05) is 13.8 Å². The van der Waals surface area contributed by atoms with Crippen molar-refractivity contribution in [2.24, 2.45) is 33.5 Å². The van der Waals surface area contributed by atoms with Gasteiger partial charge in [-0.2, -0.15) is 0 Å². The molecule has 5 heteroatoms. The van der Waals surface area contributed by atoms with Crippen LogP contribution in [0.15, 0.2) is 0 Å². The standard InChI is InChI=1S/C36H72O5/c1-26(2)38-22-20-32(10,11)35(16,17)40-25-27(3)34(14,15)36(18,19)39-23-21-33(12,13)41-29(37)28(31(7,8)9)24-30(4,5)6/h26-28H,20-25H2,1-19H3. The Morgan fingerprint density at radius 1 is 0.659 bits per heavy atom. The molecule has 0 fully saturated rings. The van der Waals surface area contributed by atoms with Crippen molar-refractivity contribution in [2.75, 3.05) is 19.8 Å². The highest BCUT2D eigenvalue weighted by atomic mass is 16.6. The van der Waals surface area contributed by atoms with Gasteiger partial charge in [-0.15, -0.1) is 0 Å². The fraction of sp³-hybridized carbons (Fsp3) is 0.972.